The van der Waals surface area contributed by atoms with Gasteiger partial charge in [0.2, 0.25) is 5.91 Å². The second-order valence-electron chi connectivity index (χ2n) is 7.55. The van der Waals surface area contributed by atoms with Crippen LogP contribution in [0.1, 0.15) is 17.0 Å². The number of amides is 1. The first kappa shape index (κ1) is 22.2. The van der Waals surface area contributed by atoms with Gasteiger partial charge in [-0.2, -0.15) is 0 Å². The number of imidazole rings is 1. The minimum absolute atomic E-state index is 0.122. The molecule has 1 N–H and O–H groups in total. The van der Waals surface area contributed by atoms with E-state index in [1.54, 1.807) is 24.7 Å². The van der Waals surface area contributed by atoms with Crippen molar-refractivity contribution in [3.63, 3.8) is 0 Å². The molecule has 0 bridgehead atoms. The molecule has 11 heteroatoms. The lowest BCUT2D eigenvalue weighted by atomic mass is 10.2. The molecular weight excluding hydrogens is 428 g/mol. The second kappa shape index (κ2) is 9.65. The predicted molar refractivity (Wildman–Crippen MR) is 119 cm³/mol. The molecule has 0 unspecified atom stereocenters. The van der Waals surface area contributed by atoms with Crippen molar-refractivity contribution in [2.45, 2.75) is 33.1 Å². The number of benzene rings is 1. The third-order valence-corrected chi connectivity index (χ3v) is 5.15. The van der Waals surface area contributed by atoms with Crippen LogP contribution in [-0.4, -0.2) is 43.5 Å². The van der Waals surface area contributed by atoms with E-state index in [9.17, 15) is 14.4 Å². The minimum atomic E-state index is -0.610. The maximum atomic E-state index is 13.3. The van der Waals surface area contributed by atoms with Crippen molar-refractivity contribution < 1.29 is 14.1 Å². The Morgan fingerprint density at radius 1 is 1.18 bits per heavy atom. The van der Waals surface area contributed by atoms with Gasteiger partial charge in [0.05, 0.1) is 26.0 Å². The number of aryl methyl sites for hydroxylation is 1. The normalized spacial score (nSPS) is 11.2. The van der Waals surface area contributed by atoms with Crippen LogP contribution in [0.2, 0.25) is 0 Å². The molecular formula is C22H24N6O5. The summed E-state index contributed by atoms with van der Waals surface area (Å²) in [5, 5.41) is 6.48. The fourth-order valence-electron chi connectivity index (χ4n) is 3.54. The van der Waals surface area contributed by atoms with Gasteiger partial charge in [0.15, 0.2) is 11.2 Å². The largest absolute Gasteiger partial charge is 0.383 e. The number of nitrogens with one attached hydrogen (secondary N) is 1. The summed E-state index contributed by atoms with van der Waals surface area (Å²) in [4.78, 5) is 43.4. The summed E-state index contributed by atoms with van der Waals surface area (Å²) in [6.45, 7) is 2.38. The first-order valence-electron chi connectivity index (χ1n) is 10.4. The van der Waals surface area contributed by atoms with Gasteiger partial charge >= 0.3 is 5.69 Å². The van der Waals surface area contributed by atoms with Crippen molar-refractivity contribution in [1.29, 1.82) is 0 Å². The Morgan fingerprint density at radius 3 is 2.67 bits per heavy atom. The van der Waals surface area contributed by atoms with Crippen LogP contribution in [0.3, 0.4) is 0 Å². The number of nitrogens with zero attached hydrogens (tertiary/aromatic N) is 5. The highest BCUT2D eigenvalue weighted by atomic mass is 16.5. The Bertz CT molecular complexity index is 1380. The number of rotatable bonds is 9. The Hall–Kier alpha value is -3.99. The number of carbonyl (C=O) groups is 1. The highest BCUT2D eigenvalue weighted by Gasteiger charge is 2.20. The Morgan fingerprint density at radius 2 is 1.97 bits per heavy atom. The summed E-state index contributed by atoms with van der Waals surface area (Å²) >= 11 is 0. The molecule has 0 saturated carbocycles. The summed E-state index contributed by atoms with van der Waals surface area (Å²) < 4.78 is 14.1. The maximum Gasteiger partial charge on any atom is 0.333 e. The SMILES string of the molecule is COCCn1cnc2c1c(=O)n(CC(=O)NCc1cc(C)on1)c(=O)n2Cc1ccccc1. The van der Waals surface area contributed by atoms with Crippen molar-refractivity contribution >= 4 is 17.1 Å². The van der Waals surface area contributed by atoms with Gasteiger partial charge in [-0.25, -0.2) is 14.3 Å². The van der Waals surface area contributed by atoms with E-state index >= 15 is 0 Å². The maximum absolute atomic E-state index is 13.3. The fourth-order valence-corrected chi connectivity index (χ4v) is 3.54. The van der Waals surface area contributed by atoms with Crippen molar-refractivity contribution in [3.05, 3.63) is 80.6 Å². The third-order valence-electron chi connectivity index (χ3n) is 5.15. The number of aromatic nitrogens is 5. The lowest BCUT2D eigenvalue weighted by Gasteiger charge is -2.13. The average molecular weight is 452 g/mol. The highest BCUT2D eigenvalue weighted by Crippen LogP contribution is 2.10. The minimum Gasteiger partial charge on any atom is -0.383 e. The highest BCUT2D eigenvalue weighted by molar-refractivity contribution is 5.76. The molecule has 0 saturated heterocycles. The predicted octanol–water partition coefficient (Wildman–Crippen LogP) is 0.667. The van der Waals surface area contributed by atoms with Gasteiger partial charge in [0.25, 0.3) is 5.56 Å². The van der Waals surface area contributed by atoms with Gasteiger partial charge in [0, 0.05) is 19.7 Å². The molecule has 0 atom stereocenters. The molecule has 0 radical (unpaired) electrons. The summed E-state index contributed by atoms with van der Waals surface area (Å²) in [6, 6.07) is 11.1. The average Bonchev–Trinajstić information content (AvgIpc) is 3.43. The fraction of sp³-hybridized carbons (Fsp3) is 0.318. The van der Waals surface area contributed by atoms with E-state index in [4.69, 9.17) is 9.26 Å². The number of hydrogen-bond acceptors (Lipinski definition) is 7. The van der Waals surface area contributed by atoms with Gasteiger partial charge in [0.1, 0.15) is 18.0 Å². The zero-order valence-electron chi connectivity index (χ0n) is 18.4. The number of carbonyl (C=O) groups excluding carboxylic acids is 1. The second-order valence-corrected chi connectivity index (χ2v) is 7.55. The molecule has 0 aliphatic heterocycles. The molecule has 172 valence electrons. The van der Waals surface area contributed by atoms with Gasteiger partial charge in [-0.3, -0.25) is 14.2 Å². The number of methoxy groups -OCH3 is 1. The van der Waals surface area contributed by atoms with Crippen LogP contribution < -0.4 is 16.6 Å². The molecule has 3 aromatic heterocycles. The van der Waals surface area contributed by atoms with Crippen molar-refractivity contribution in [2.75, 3.05) is 13.7 Å². The van der Waals surface area contributed by atoms with Gasteiger partial charge in [-0.15, -0.1) is 0 Å². The van der Waals surface area contributed by atoms with Gasteiger partial charge in [-0.05, 0) is 12.5 Å². The number of fused-ring (bicyclic) bond motifs is 1. The Kier molecular flexibility index (Phi) is 6.50. The van der Waals surface area contributed by atoms with Crippen LogP contribution in [0, 0.1) is 6.92 Å². The molecule has 4 aromatic rings. The molecule has 0 spiro atoms. The first-order chi connectivity index (χ1) is 16.0. The molecule has 4 rings (SSSR count). The first-order valence-corrected chi connectivity index (χ1v) is 10.4. The number of hydrogen-bond donors (Lipinski definition) is 1. The Labute approximate surface area is 188 Å². The molecule has 3 heterocycles. The standard InChI is InChI=1S/C22H24N6O5/c1-15-10-17(25-33-15)11-23-18(29)13-28-21(30)19-20(24-14-26(19)8-9-32-2)27(22(28)31)12-16-6-4-3-5-7-16/h3-7,10,14H,8-9,11-13H2,1-2H3,(H,23,29). The van der Waals surface area contributed by atoms with E-state index in [0.29, 0.717) is 24.6 Å². The summed E-state index contributed by atoms with van der Waals surface area (Å²) in [5.41, 5.74) is 0.717. The molecule has 11 nitrogen and oxygen atoms in total. The van der Waals surface area contributed by atoms with Crippen molar-refractivity contribution in [1.82, 2.24) is 29.2 Å². The summed E-state index contributed by atoms with van der Waals surface area (Å²) in [7, 11) is 1.56. The van der Waals surface area contributed by atoms with Crippen molar-refractivity contribution in [3.8, 4) is 0 Å². The van der Waals surface area contributed by atoms with Crippen LogP contribution in [0.4, 0.5) is 0 Å². The number of ether oxygens (including phenoxy) is 1. The monoisotopic (exact) mass is 452 g/mol. The van der Waals surface area contributed by atoms with Crippen LogP contribution in [0.25, 0.3) is 11.2 Å². The Balaban J connectivity index is 1.71. The lowest BCUT2D eigenvalue weighted by molar-refractivity contribution is -0.122. The van der Waals surface area contributed by atoms with Crippen LogP contribution >= 0.6 is 0 Å². The summed E-state index contributed by atoms with van der Waals surface area (Å²) in [6.07, 6.45) is 1.50. The van der Waals surface area contributed by atoms with Crippen LogP contribution in [-0.2, 0) is 35.7 Å². The van der Waals surface area contributed by atoms with Crippen molar-refractivity contribution in [2.24, 2.45) is 0 Å². The molecule has 1 aromatic carbocycles. The van der Waals surface area contributed by atoms with Crippen LogP contribution in [0.15, 0.2) is 56.8 Å². The molecule has 0 aliphatic rings. The van der Waals surface area contributed by atoms with E-state index in [2.05, 4.69) is 15.5 Å². The molecule has 33 heavy (non-hydrogen) atoms. The zero-order valence-corrected chi connectivity index (χ0v) is 18.4. The topological polar surface area (TPSA) is 126 Å². The lowest BCUT2D eigenvalue weighted by Crippen LogP contribution is -2.44. The molecule has 0 fully saturated rings. The van der Waals surface area contributed by atoms with E-state index in [0.717, 1.165) is 10.1 Å². The van der Waals surface area contributed by atoms with E-state index in [-0.39, 0.29) is 24.3 Å². The summed E-state index contributed by atoms with van der Waals surface area (Å²) in [5.74, 6) is 0.123. The van der Waals surface area contributed by atoms with E-state index in [1.165, 1.54) is 10.9 Å². The smallest absolute Gasteiger partial charge is 0.333 e. The van der Waals surface area contributed by atoms with Gasteiger partial charge < -0.3 is 19.1 Å². The van der Waals surface area contributed by atoms with E-state index in [1.807, 2.05) is 30.3 Å². The molecule has 0 aliphatic carbocycles. The molecule has 1 amide bonds. The van der Waals surface area contributed by atoms with Crippen LogP contribution in [0.5, 0.6) is 0 Å². The zero-order chi connectivity index (χ0) is 23.4. The third kappa shape index (κ3) is 4.77. The quantitative estimate of drug-likeness (QED) is 0.395. The van der Waals surface area contributed by atoms with Gasteiger partial charge in [-0.1, -0.05) is 35.5 Å². The van der Waals surface area contributed by atoms with E-state index < -0.39 is 23.7 Å².